The fraction of sp³-hybridized carbons (Fsp3) is 0.550. The van der Waals surface area contributed by atoms with Gasteiger partial charge in [-0.25, -0.2) is 4.79 Å². The number of carbonyl (C=O) groups is 3. The van der Waals surface area contributed by atoms with Gasteiger partial charge in [0.1, 0.15) is 0 Å². The van der Waals surface area contributed by atoms with E-state index in [0.717, 1.165) is 6.42 Å². The number of hydrogen-bond donors (Lipinski definition) is 0. The predicted octanol–water partition coefficient (Wildman–Crippen LogP) is 3.78. The maximum Gasteiger partial charge on any atom is 0.338 e. The number of hydrogen-bond acceptors (Lipinski definition) is 4. The number of halogens is 2. The van der Waals surface area contributed by atoms with Gasteiger partial charge >= 0.3 is 5.97 Å². The van der Waals surface area contributed by atoms with Gasteiger partial charge in [0.25, 0.3) is 0 Å². The first-order valence-corrected chi connectivity index (χ1v) is 11.1. The van der Waals surface area contributed by atoms with Crippen molar-refractivity contribution in [3.8, 4) is 0 Å². The average Bonchev–Trinajstić information content (AvgIpc) is 3.25. The van der Waals surface area contributed by atoms with E-state index < -0.39 is 5.97 Å². The Labute approximate surface area is 175 Å². The molecule has 1 aromatic rings. The summed E-state index contributed by atoms with van der Waals surface area (Å²) >= 11 is 7.38. The van der Waals surface area contributed by atoms with Crippen LogP contribution in [0.15, 0.2) is 24.3 Å². The molecule has 1 aliphatic heterocycles. The fourth-order valence-electron chi connectivity index (χ4n) is 4.68. The van der Waals surface area contributed by atoms with Crippen LogP contribution >= 0.6 is 31.9 Å². The van der Waals surface area contributed by atoms with E-state index >= 15 is 0 Å². The van der Waals surface area contributed by atoms with Crippen molar-refractivity contribution < 1.29 is 19.1 Å². The Balaban J connectivity index is 1.54. The Morgan fingerprint density at radius 2 is 1.59 bits per heavy atom. The highest BCUT2D eigenvalue weighted by molar-refractivity contribution is 9.12. The lowest BCUT2D eigenvalue weighted by atomic mass is 9.81. The molecule has 0 spiro atoms. The van der Waals surface area contributed by atoms with Crippen LogP contribution in [0, 0.1) is 29.6 Å². The van der Waals surface area contributed by atoms with Crippen LogP contribution in [0.4, 0.5) is 5.69 Å². The Kier molecular flexibility index (Phi) is 4.95. The number of fused-ring (bicyclic) bond motifs is 5. The number of anilines is 1. The Hall–Kier alpha value is -1.21. The molecule has 2 aliphatic carbocycles. The molecule has 144 valence electrons. The quantitative estimate of drug-likeness (QED) is 0.360. The SMILES string of the molecule is CC(C)COC(=O)c1ccc(N2C(=O)[C@@H]3[C@H]4C[C@@H]([C@@H](Br)[C@H]4Br)[C@H]3C2=O)cc1. The lowest BCUT2D eigenvalue weighted by Crippen LogP contribution is -2.37. The second kappa shape index (κ2) is 6.99. The average molecular weight is 499 g/mol. The van der Waals surface area contributed by atoms with Gasteiger partial charge in [-0.2, -0.15) is 0 Å². The van der Waals surface area contributed by atoms with E-state index in [4.69, 9.17) is 4.74 Å². The van der Waals surface area contributed by atoms with E-state index in [-0.39, 0.29) is 51.1 Å². The summed E-state index contributed by atoms with van der Waals surface area (Å²) in [4.78, 5) is 39.8. The number of imide groups is 1. The van der Waals surface area contributed by atoms with Gasteiger partial charge in [0.2, 0.25) is 11.8 Å². The Bertz CT molecular complexity index is 762. The van der Waals surface area contributed by atoms with E-state index in [9.17, 15) is 14.4 Å². The second-order valence-electron chi connectivity index (χ2n) is 8.05. The van der Waals surface area contributed by atoms with E-state index in [2.05, 4.69) is 31.9 Å². The van der Waals surface area contributed by atoms with Gasteiger partial charge in [0, 0.05) is 9.65 Å². The van der Waals surface area contributed by atoms with Gasteiger partial charge < -0.3 is 4.74 Å². The molecular formula is C20H21Br2NO4. The lowest BCUT2D eigenvalue weighted by Gasteiger charge is -2.28. The zero-order valence-electron chi connectivity index (χ0n) is 15.1. The first-order valence-electron chi connectivity index (χ1n) is 9.24. The first-order chi connectivity index (χ1) is 12.8. The van der Waals surface area contributed by atoms with Gasteiger partial charge in [-0.15, -0.1) is 0 Å². The highest BCUT2D eigenvalue weighted by Crippen LogP contribution is 2.60. The summed E-state index contributed by atoms with van der Waals surface area (Å²) in [6.07, 6.45) is 0.910. The van der Waals surface area contributed by atoms with E-state index in [1.165, 1.54) is 4.90 Å². The fourth-order valence-corrected chi connectivity index (χ4v) is 6.55. The van der Waals surface area contributed by atoms with E-state index in [1.807, 2.05) is 13.8 Å². The maximum atomic E-state index is 13.0. The molecule has 0 unspecified atom stereocenters. The molecule has 0 N–H and O–H groups in total. The monoisotopic (exact) mass is 497 g/mol. The summed E-state index contributed by atoms with van der Waals surface area (Å²) in [5.74, 6) is -0.458. The minimum atomic E-state index is -0.395. The Morgan fingerprint density at radius 1 is 1.07 bits per heavy atom. The van der Waals surface area contributed by atoms with Crippen molar-refractivity contribution in [3.63, 3.8) is 0 Å². The molecule has 2 bridgehead atoms. The van der Waals surface area contributed by atoms with Crippen LogP contribution in [0.5, 0.6) is 0 Å². The van der Waals surface area contributed by atoms with E-state index in [1.54, 1.807) is 24.3 Å². The van der Waals surface area contributed by atoms with Gasteiger partial charge in [0.15, 0.2) is 0 Å². The number of nitrogens with zero attached hydrogens (tertiary/aromatic N) is 1. The number of alkyl halides is 2. The normalized spacial score (nSPS) is 34.5. The van der Waals surface area contributed by atoms with Crippen LogP contribution in [-0.4, -0.2) is 34.0 Å². The number of benzene rings is 1. The third kappa shape index (κ3) is 2.97. The summed E-state index contributed by atoms with van der Waals surface area (Å²) in [6.45, 7) is 4.30. The molecule has 1 aromatic carbocycles. The second-order valence-corrected chi connectivity index (χ2v) is 10.2. The smallest absolute Gasteiger partial charge is 0.338 e. The largest absolute Gasteiger partial charge is 0.462 e. The van der Waals surface area contributed by atoms with Crippen LogP contribution in [-0.2, 0) is 14.3 Å². The summed E-state index contributed by atoms with van der Waals surface area (Å²) in [6, 6.07) is 6.54. The number of ether oxygens (including phenoxy) is 1. The molecule has 7 heteroatoms. The van der Waals surface area contributed by atoms with Crippen LogP contribution in [0.2, 0.25) is 0 Å². The third-order valence-electron chi connectivity index (χ3n) is 5.90. The van der Waals surface area contributed by atoms with Crippen molar-refractivity contribution in [2.45, 2.75) is 29.9 Å². The molecule has 3 aliphatic rings. The molecule has 6 atom stereocenters. The number of rotatable bonds is 4. The summed E-state index contributed by atoms with van der Waals surface area (Å²) in [5, 5.41) is 0. The predicted molar refractivity (Wildman–Crippen MR) is 108 cm³/mol. The zero-order chi connectivity index (χ0) is 19.5. The first kappa shape index (κ1) is 19.1. The van der Waals surface area contributed by atoms with Crippen LogP contribution < -0.4 is 4.90 Å². The van der Waals surface area contributed by atoms with Crippen molar-refractivity contribution >= 4 is 55.3 Å². The van der Waals surface area contributed by atoms with Crippen molar-refractivity contribution in [2.24, 2.45) is 29.6 Å². The minimum Gasteiger partial charge on any atom is -0.462 e. The van der Waals surface area contributed by atoms with E-state index in [0.29, 0.717) is 17.9 Å². The molecule has 3 fully saturated rings. The standard InChI is InChI=1S/C20H21Br2NO4/c1-9(2)8-27-20(26)10-3-5-11(6-4-10)23-18(24)14-12-7-13(15(14)19(23)25)17(22)16(12)21/h3-6,9,12-17H,7-8H2,1-2H3/t12-,13-,14-,15-,16-,17+/m1/s1. The molecule has 1 saturated heterocycles. The molecule has 1 heterocycles. The Morgan fingerprint density at radius 3 is 2.07 bits per heavy atom. The number of carbonyl (C=O) groups excluding carboxylic acids is 3. The maximum absolute atomic E-state index is 13.0. The van der Waals surface area contributed by atoms with Crippen molar-refractivity contribution in [1.82, 2.24) is 0 Å². The molecule has 2 amide bonds. The van der Waals surface area contributed by atoms with Gasteiger partial charge in [-0.3, -0.25) is 14.5 Å². The highest BCUT2D eigenvalue weighted by atomic mass is 79.9. The van der Waals surface area contributed by atoms with Crippen molar-refractivity contribution in [3.05, 3.63) is 29.8 Å². The molecule has 4 rings (SSSR count). The van der Waals surface area contributed by atoms with Gasteiger partial charge in [-0.05, 0) is 48.4 Å². The van der Waals surface area contributed by atoms with Crippen LogP contribution in [0.25, 0.3) is 0 Å². The van der Waals surface area contributed by atoms with Gasteiger partial charge in [0.05, 0.1) is 29.7 Å². The highest BCUT2D eigenvalue weighted by Gasteiger charge is 2.66. The zero-order valence-corrected chi connectivity index (χ0v) is 18.3. The van der Waals surface area contributed by atoms with Gasteiger partial charge in [-0.1, -0.05) is 45.7 Å². The molecule has 0 aromatic heterocycles. The topological polar surface area (TPSA) is 63.7 Å². The summed E-state index contributed by atoms with van der Waals surface area (Å²) in [5.41, 5.74) is 0.941. The third-order valence-corrected chi connectivity index (χ3v) is 9.10. The van der Waals surface area contributed by atoms with Crippen LogP contribution in [0.1, 0.15) is 30.6 Å². The molecule has 27 heavy (non-hydrogen) atoms. The van der Waals surface area contributed by atoms with Crippen molar-refractivity contribution in [2.75, 3.05) is 11.5 Å². The molecule has 0 radical (unpaired) electrons. The van der Waals surface area contributed by atoms with Crippen LogP contribution in [0.3, 0.4) is 0 Å². The summed E-state index contributed by atoms with van der Waals surface area (Å²) < 4.78 is 5.22. The number of esters is 1. The minimum absolute atomic E-state index is 0.114. The molecular weight excluding hydrogens is 478 g/mol. The summed E-state index contributed by atoms with van der Waals surface area (Å²) in [7, 11) is 0. The molecule has 5 nitrogen and oxygen atoms in total. The lowest BCUT2D eigenvalue weighted by molar-refractivity contribution is -0.123. The van der Waals surface area contributed by atoms with Crippen molar-refractivity contribution in [1.29, 1.82) is 0 Å². The molecule has 2 saturated carbocycles. The number of amides is 2.